The summed E-state index contributed by atoms with van der Waals surface area (Å²) < 4.78 is 5.67. The number of amides is 3. The van der Waals surface area contributed by atoms with E-state index in [9.17, 15) is 14.4 Å². The van der Waals surface area contributed by atoms with Gasteiger partial charge in [0.1, 0.15) is 18.7 Å². The van der Waals surface area contributed by atoms with E-state index in [-0.39, 0.29) is 18.4 Å². The van der Waals surface area contributed by atoms with Crippen LogP contribution >= 0.6 is 0 Å². The number of nitrogens with zero attached hydrogens (tertiary/aromatic N) is 1. The molecule has 3 amide bonds. The van der Waals surface area contributed by atoms with Crippen molar-refractivity contribution >= 4 is 17.9 Å². The molecule has 0 bridgehead atoms. The van der Waals surface area contributed by atoms with Crippen LogP contribution in [0.4, 0.5) is 4.79 Å². The third-order valence-electron chi connectivity index (χ3n) is 5.91. The Kier molecular flexibility index (Phi) is 5.44. The maximum atomic E-state index is 12.8. The van der Waals surface area contributed by atoms with Crippen LogP contribution in [-0.4, -0.2) is 48.0 Å². The number of carbonyl (C=O) groups is 3. The molecule has 4 rings (SSSR count). The Balaban J connectivity index is 1.45. The van der Waals surface area contributed by atoms with Gasteiger partial charge < -0.3 is 15.8 Å². The number of primary amides is 1. The average molecular weight is 407 g/mol. The van der Waals surface area contributed by atoms with Crippen LogP contribution in [0.5, 0.6) is 0 Å². The molecule has 1 heterocycles. The quantitative estimate of drug-likeness (QED) is 0.794. The van der Waals surface area contributed by atoms with E-state index in [0.717, 1.165) is 22.3 Å². The lowest BCUT2D eigenvalue weighted by molar-refractivity contribution is -0.129. The van der Waals surface area contributed by atoms with Gasteiger partial charge in [0, 0.05) is 12.5 Å². The topological polar surface area (TPSA) is 102 Å². The van der Waals surface area contributed by atoms with E-state index in [0.29, 0.717) is 19.4 Å². The van der Waals surface area contributed by atoms with Crippen molar-refractivity contribution in [2.24, 2.45) is 5.73 Å². The number of rotatable bonds is 5. The van der Waals surface area contributed by atoms with E-state index in [1.54, 1.807) is 0 Å². The average Bonchev–Trinajstić information content (AvgIpc) is 3.35. The first kappa shape index (κ1) is 19.9. The highest BCUT2D eigenvalue weighted by atomic mass is 16.6. The van der Waals surface area contributed by atoms with E-state index < -0.39 is 24.1 Å². The molecule has 2 aromatic rings. The smallest absolute Gasteiger partial charge is 0.410 e. The predicted molar refractivity (Wildman–Crippen MR) is 112 cm³/mol. The Morgan fingerprint density at radius 3 is 2.30 bits per heavy atom. The van der Waals surface area contributed by atoms with E-state index in [1.165, 1.54) is 11.8 Å². The minimum atomic E-state index is -0.789. The summed E-state index contributed by atoms with van der Waals surface area (Å²) in [6.45, 7) is 2.17. The molecule has 0 spiro atoms. The van der Waals surface area contributed by atoms with Gasteiger partial charge in [-0.05, 0) is 42.0 Å². The lowest BCUT2D eigenvalue weighted by atomic mass is 9.98. The Morgan fingerprint density at radius 1 is 1.10 bits per heavy atom. The summed E-state index contributed by atoms with van der Waals surface area (Å²) in [7, 11) is 0. The van der Waals surface area contributed by atoms with E-state index in [2.05, 4.69) is 29.6 Å². The number of hydrogen-bond acceptors (Lipinski definition) is 4. The lowest BCUT2D eigenvalue weighted by Gasteiger charge is -2.25. The molecule has 2 aromatic carbocycles. The van der Waals surface area contributed by atoms with E-state index >= 15 is 0 Å². The Bertz CT molecular complexity index is 944. The van der Waals surface area contributed by atoms with Gasteiger partial charge in [-0.15, -0.1) is 0 Å². The summed E-state index contributed by atoms with van der Waals surface area (Å²) >= 11 is 0. The first-order valence-corrected chi connectivity index (χ1v) is 10.2. The summed E-state index contributed by atoms with van der Waals surface area (Å²) in [6, 6.07) is 14.8. The van der Waals surface area contributed by atoms with Crippen molar-refractivity contribution in [2.75, 3.05) is 13.2 Å². The van der Waals surface area contributed by atoms with Crippen molar-refractivity contribution in [3.8, 4) is 11.1 Å². The van der Waals surface area contributed by atoms with Crippen molar-refractivity contribution in [1.82, 2.24) is 10.2 Å². The molecule has 0 saturated carbocycles. The minimum absolute atomic E-state index is 0.0360. The molecule has 0 unspecified atom stereocenters. The number of likely N-dealkylation sites (tertiary alicyclic amines) is 1. The summed E-state index contributed by atoms with van der Waals surface area (Å²) in [5.41, 5.74) is 9.81. The molecule has 1 aliphatic heterocycles. The number of nitrogens with one attached hydrogen (secondary N) is 1. The van der Waals surface area contributed by atoms with Crippen molar-refractivity contribution in [2.45, 2.75) is 37.8 Å². The van der Waals surface area contributed by atoms with Gasteiger partial charge in [0.25, 0.3) is 0 Å². The Morgan fingerprint density at radius 2 is 1.70 bits per heavy atom. The van der Waals surface area contributed by atoms with Crippen LogP contribution in [0.25, 0.3) is 11.1 Å². The molecule has 30 heavy (non-hydrogen) atoms. The zero-order valence-electron chi connectivity index (χ0n) is 16.8. The van der Waals surface area contributed by atoms with Crippen molar-refractivity contribution in [3.63, 3.8) is 0 Å². The van der Waals surface area contributed by atoms with Crippen LogP contribution in [0.2, 0.25) is 0 Å². The van der Waals surface area contributed by atoms with Crippen LogP contribution in [-0.2, 0) is 14.3 Å². The third-order valence-corrected chi connectivity index (χ3v) is 5.91. The van der Waals surface area contributed by atoms with Gasteiger partial charge in [-0.25, -0.2) is 4.79 Å². The van der Waals surface area contributed by atoms with Crippen LogP contribution in [0.15, 0.2) is 48.5 Å². The molecular weight excluding hydrogens is 382 g/mol. The molecule has 1 fully saturated rings. The highest BCUT2D eigenvalue weighted by molar-refractivity contribution is 5.90. The fraction of sp³-hybridized carbons (Fsp3) is 0.348. The second kappa shape index (κ2) is 8.18. The molecule has 7 nitrogen and oxygen atoms in total. The number of nitrogens with two attached hydrogens (primary N) is 1. The number of fused-ring (bicyclic) bond motifs is 3. The molecule has 1 aliphatic carbocycles. The summed E-state index contributed by atoms with van der Waals surface area (Å²) in [6.07, 6.45) is 0.718. The highest BCUT2D eigenvalue weighted by Crippen LogP contribution is 2.44. The molecule has 0 radical (unpaired) electrons. The van der Waals surface area contributed by atoms with Crippen molar-refractivity contribution < 1.29 is 19.1 Å². The summed E-state index contributed by atoms with van der Waals surface area (Å²) in [5.74, 6) is -1.03. The minimum Gasteiger partial charge on any atom is -0.448 e. The van der Waals surface area contributed by atoms with Crippen molar-refractivity contribution in [3.05, 3.63) is 59.7 Å². The predicted octanol–water partition coefficient (Wildman–Crippen LogP) is 2.39. The van der Waals surface area contributed by atoms with E-state index in [4.69, 9.17) is 10.5 Å². The standard InChI is InChI=1S/C23H25N3O4/c1-14(21(24)27)25-22(28)20-11-6-12-26(20)23(29)30-13-19-17-9-4-2-7-15(17)16-8-3-5-10-18(16)19/h2-5,7-10,14,19-20H,6,11-13H2,1H3,(H2,24,27)(H,25,28)/t14-,20+/m1/s1. The second-order valence-electron chi connectivity index (χ2n) is 7.79. The first-order chi connectivity index (χ1) is 14.5. The van der Waals surface area contributed by atoms with Crippen LogP contribution in [0.3, 0.4) is 0 Å². The highest BCUT2D eigenvalue weighted by Gasteiger charge is 2.37. The second-order valence-corrected chi connectivity index (χ2v) is 7.79. The third kappa shape index (κ3) is 3.63. The van der Waals surface area contributed by atoms with Crippen LogP contribution in [0.1, 0.15) is 36.8 Å². The fourth-order valence-electron chi connectivity index (χ4n) is 4.32. The monoisotopic (exact) mass is 407 g/mol. The van der Waals surface area contributed by atoms with Gasteiger partial charge in [-0.2, -0.15) is 0 Å². The fourth-order valence-corrected chi connectivity index (χ4v) is 4.32. The SMILES string of the molecule is C[C@@H](NC(=O)[C@@H]1CCCN1C(=O)OCC1c2ccccc2-c2ccccc21)C(N)=O. The number of carbonyl (C=O) groups excluding carboxylic acids is 3. The van der Waals surface area contributed by atoms with E-state index in [1.807, 2.05) is 24.3 Å². The molecule has 1 saturated heterocycles. The van der Waals surface area contributed by atoms with Gasteiger partial charge >= 0.3 is 6.09 Å². The number of hydrogen-bond donors (Lipinski definition) is 2. The van der Waals surface area contributed by atoms with Gasteiger partial charge in [0.2, 0.25) is 11.8 Å². The van der Waals surface area contributed by atoms with Gasteiger partial charge in [0.05, 0.1) is 0 Å². The van der Waals surface area contributed by atoms with Crippen LogP contribution < -0.4 is 11.1 Å². The zero-order valence-corrected chi connectivity index (χ0v) is 16.8. The number of benzene rings is 2. The molecule has 156 valence electrons. The Labute approximate surface area is 175 Å². The normalized spacial score (nSPS) is 18.4. The Hall–Kier alpha value is -3.35. The lowest BCUT2D eigenvalue weighted by Crippen LogP contribution is -2.51. The molecular formula is C23H25N3O4. The maximum Gasteiger partial charge on any atom is 0.410 e. The summed E-state index contributed by atoms with van der Waals surface area (Å²) in [5, 5.41) is 2.57. The number of ether oxygens (including phenoxy) is 1. The largest absolute Gasteiger partial charge is 0.448 e. The molecule has 0 aromatic heterocycles. The molecule has 3 N–H and O–H groups in total. The van der Waals surface area contributed by atoms with Gasteiger partial charge in [-0.3, -0.25) is 14.5 Å². The van der Waals surface area contributed by atoms with Gasteiger partial charge in [-0.1, -0.05) is 48.5 Å². The first-order valence-electron chi connectivity index (χ1n) is 10.2. The summed E-state index contributed by atoms with van der Waals surface area (Å²) in [4.78, 5) is 37.9. The molecule has 2 atom stereocenters. The van der Waals surface area contributed by atoms with Gasteiger partial charge in [0.15, 0.2) is 0 Å². The van der Waals surface area contributed by atoms with Crippen LogP contribution in [0, 0.1) is 0 Å². The van der Waals surface area contributed by atoms with Crippen molar-refractivity contribution in [1.29, 1.82) is 0 Å². The molecule has 2 aliphatic rings. The zero-order chi connectivity index (χ0) is 21.3. The molecule has 7 heteroatoms. The maximum absolute atomic E-state index is 12.8.